The Morgan fingerprint density at radius 1 is 0.765 bits per heavy atom. The van der Waals surface area contributed by atoms with Crippen LogP contribution in [-0.2, 0) is 17.7 Å². The van der Waals surface area contributed by atoms with Gasteiger partial charge in [-0.15, -0.1) is 0 Å². The fourth-order valence-corrected chi connectivity index (χ4v) is 4.26. The minimum absolute atomic E-state index is 0.373. The highest BCUT2D eigenvalue weighted by atomic mass is 16.5. The van der Waals surface area contributed by atoms with Gasteiger partial charge >= 0.3 is 5.97 Å². The lowest BCUT2D eigenvalue weighted by atomic mass is 9.97. The normalized spacial score (nSPS) is 10.9. The van der Waals surface area contributed by atoms with E-state index in [1.54, 1.807) is 6.07 Å². The number of para-hydroxylation sites is 1. The van der Waals surface area contributed by atoms with Gasteiger partial charge in [0.05, 0.1) is 12.7 Å². The zero-order chi connectivity index (χ0) is 23.3. The second-order valence-corrected chi connectivity index (χ2v) is 8.18. The Hall–Kier alpha value is -4.31. The van der Waals surface area contributed by atoms with E-state index in [-0.39, 0.29) is 5.97 Å². The van der Waals surface area contributed by atoms with Gasteiger partial charge in [0.15, 0.2) is 0 Å². The fraction of sp³-hybridized carbons (Fsp3) is 0.100. The molecule has 0 saturated heterocycles. The number of hydrogen-bond acceptors (Lipinski definition) is 3. The minimum atomic E-state index is -0.373. The van der Waals surface area contributed by atoms with Crippen molar-refractivity contribution in [3.63, 3.8) is 0 Å². The maximum atomic E-state index is 12.6. The Balaban J connectivity index is 1.46. The van der Waals surface area contributed by atoms with Gasteiger partial charge in [0.1, 0.15) is 11.5 Å². The quantitative estimate of drug-likeness (QED) is 0.256. The highest BCUT2D eigenvalue weighted by Crippen LogP contribution is 2.28. The molecule has 0 bridgehead atoms. The van der Waals surface area contributed by atoms with Crippen LogP contribution in [-0.4, -0.2) is 17.6 Å². The third-order valence-corrected chi connectivity index (χ3v) is 5.95. The molecular weight excluding hydrogens is 422 g/mol. The number of benzene rings is 4. The molecule has 5 rings (SSSR count). The molecule has 4 heteroatoms. The Morgan fingerprint density at radius 2 is 1.53 bits per heavy atom. The van der Waals surface area contributed by atoms with Crippen molar-refractivity contribution in [1.29, 1.82) is 0 Å². The molecule has 5 aromatic rings. The number of fused-ring (bicyclic) bond motifs is 1. The average molecular weight is 448 g/mol. The number of ether oxygens (including phenoxy) is 2. The number of carbonyl (C=O) groups excluding carboxylic acids is 1. The topological polar surface area (TPSA) is 40.5 Å². The number of rotatable bonds is 7. The van der Waals surface area contributed by atoms with Crippen molar-refractivity contribution in [3.8, 4) is 11.5 Å². The Kier molecular flexibility index (Phi) is 6.13. The van der Waals surface area contributed by atoms with Gasteiger partial charge in [-0.3, -0.25) is 0 Å². The van der Waals surface area contributed by atoms with Crippen molar-refractivity contribution in [3.05, 3.63) is 132 Å². The summed E-state index contributed by atoms with van der Waals surface area (Å²) in [6.45, 7) is 0.812. The molecular formula is C30H25NO3. The second-order valence-electron chi connectivity index (χ2n) is 8.18. The number of nitrogens with zero attached hydrogens (tertiary/aromatic N) is 1. The maximum absolute atomic E-state index is 12.6. The fourth-order valence-electron chi connectivity index (χ4n) is 4.26. The number of methoxy groups -OCH3 is 1. The zero-order valence-electron chi connectivity index (χ0n) is 19.0. The van der Waals surface area contributed by atoms with Gasteiger partial charge in [0.2, 0.25) is 0 Å². The Labute approximate surface area is 199 Å². The van der Waals surface area contributed by atoms with Crippen LogP contribution in [0.25, 0.3) is 10.9 Å². The molecule has 1 aromatic heterocycles. The van der Waals surface area contributed by atoms with Crippen molar-refractivity contribution in [2.24, 2.45) is 0 Å². The number of hydrogen-bond donors (Lipinski definition) is 0. The van der Waals surface area contributed by atoms with E-state index in [0.717, 1.165) is 23.4 Å². The van der Waals surface area contributed by atoms with Crippen molar-refractivity contribution in [2.75, 3.05) is 7.11 Å². The van der Waals surface area contributed by atoms with Gasteiger partial charge in [0.25, 0.3) is 0 Å². The van der Waals surface area contributed by atoms with E-state index in [0.29, 0.717) is 17.7 Å². The molecule has 0 aliphatic rings. The van der Waals surface area contributed by atoms with Crippen LogP contribution in [0.2, 0.25) is 0 Å². The molecule has 0 radical (unpaired) electrons. The van der Waals surface area contributed by atoms with Crippen LogP contribution in [0.3, 0.4) is 0 Å². The molecule has 0 saturated carbocycles. The van der Waals surface area contributed by atoms with Crippen molar-refractivity contribution in [1.82, 2.24) is 4.57 Å². The molecule has 0 amide bonds. The first-order chi connectivity index (χ1) is 16.7. The van der Waals surface area contributed by atoms with E-state index in [1.807, 2.05) is 48.5 Å². The Morgan fingerprint density at radius 3 is 2.29 bits per heavy atom. The highest BCUT2D eigenvalue weighted by molar-refractivity contribution is 5.92. The highest BCUT2D eigenvalue weighted by Gasteiger charge is 2.16. The molecule has 34 heavy (non-hydrogen) atoms. The SMILES string of the molecule is COC(=O)c1cc(Oc2ccccc2)ccc1Cc1cccc2c1ccn2Cc1ccccc1. The monoisotopic (exact) mass is 447 g/mol. The van der Waals surface area contributed by atoms with Gasteiger partial charge in [-0.05, 0) is 59.5 Å². The lowest BCUT2D eigenvalue weighted by molar-refractivity contribution is 0.0599. The lowest BCUT2D eigenvalue weighted by Crippen LogP contribution is -2.07. The summed E-state index contributed by atoms with van der Waals surface area (Å²) < 4.78 is 13.3. The van der Waals surface area contributed by atoms with Gasteiger partial charge in [-0.2, -0.15) is 0 Å². The van der Waals surface area contributed by atoms with E-state index in [4.69, 9.17) is 9.47 Å². The first-order valence-corrected chi connectivity index (χ1v) is 11.3. The molecule has 168 valence electrons. The molecule has 0 N–H and O–H groups in total. The summed E-state index contributed by atoms with van der Waals surface area (Å²) in [6.07, 6.45) is 2.74. The van der Waals surface area contributed by atoms with Crippen LogP contribution in [0, 0.1) is 0 Å². The van der Waals surface area contributed by atoms with E-state index < -0.39 is 0 Å². The van der Waals surface area contributed by atoms with Crippen LogP contribution in [0.5, 0.6) is 11.5 Å². The average Bonchev–Trinajstić information content (AvgIpc) is 3.29. The van der Waals surface area contributed by atoms with Crippen LogP contribution >= 0.6 is 0 Å². The van der Waals surface area contributed by atoms with Gasteiger partial charge in [-0.25, -0.2) is 4.79 Å². The summed E-state index contributed by atoms with van der Waals surface area (Å²) in [6, 6.07) is 34.0. The van der Waals surface area contributed by atoms with Gasteiger partial charge in [-0.1, -0.05) is 66.7 Å². The summed E-state index contributed by atoms with van der Waals surface area (Å²) in [7, 11) is 1.40. The maximum Gasteiger partial charge on any atom is 0.338 e. The largest absolute Gasteiger partial charge is 0.465 e. The molecule has 4 aromatic carbocycles. The Bertz CT molecular complexity index is 1420. The molecule has 0 aliphatic carbocycles. The molecule has 0 aliphatic heterocycles. The molecule has 0 spiro atoms. The van der Waals surface area contributed by atoms with E-state index in [2.05, 4.69) is 59.3 Å². The zero-order valence-corrected chi connectivity index (χ0v) is 19.0. The molecule has 4 nitrogen and oxygen atoms in total. The van der Waals surface area contributed by atoms with Crippen molar-refractivity contribution < 1.29 is 14.3 Å². The lowest BCUT2D eigenvalue weighted by Gasteiger charge is -2.13. The van der Waals surface area contributed by atoms with Crippen LogP contribution in [0.15, 0.2) is 109 Å². The van der Waals surface area contributed by atoms with Crippen LogP contribution in [0.1, 0.15) is 27.0 Å². The second kappa shape index (κ2) is 9.67. The van der Waals surface area contributed by atoms with Gasteiger partial charge < -0.3 is 14.0 Å². The summed E-state index contributed by atoms with van der Waals surface area (Å²) in [5.74, 6) is 0.945. The summed E-state index contributed by atoms with van der Waals surface area (Å²) >= 11 is 0. The summed E-state index contributed by atoms with van der Waals surface area (Å²) in [4.78, 5) is 12.6. The molecule has 0 unspecified atom stereocenters. The number of carbonyl (C=O) groups is 1. The van der Waals surface area contributed by atoms with Crippen molar-refractivity contribution in [2.45, 2.75) is 13.0 Å². The van der Waals surface area contributed by atoms with E-state index >= 15 is 0 Å². The van der Waals surface area contributed by atoms with E-state index in [1.165, 1.54) is 23.6 Å². The predicted octanol–water partition coefficient (Wildman–Crippen LogP) is 6.86. The first kappa shape index (κ1) is 21.5. The summed E-state index contributed by atoms with van der Waals surface area (Å²) in [5.41, 5.74) is 5.00. The predicted molar refractivity (Wildman–Crippen MR) is 135 cm³/mol. The first-order valence-electron chi connectivity index (χ1n) is 11.3. The van der Waals surface area contributed by atoms with Crippen molar-refractivity contribution >= 4 is 16.9 Å². The summed E-state index contributed by atoms with van der Waals surface area (Å²) in [5, 5.41) is 1.18. The number of esters is 1. The molecule has 0 atom stereocenters. The third kappa shape index (κ3) is 4.57. The third-order valence-electron chi connectivity index (χ3n) is 5.95. The van der Waals surface area contributed by atoms with Gasteiger partial charge in [0, 0.05) is 23.6 Å². The molecule has 1 heterocycles. The van der Waals surface area contributed by atoms with Crippen LogP contribution in [0.4, 0.5) is 0 Å². The van der Waals surface area contributed by atoms with E-state index in [9.17, 15) is 4.79 Å². The number of aromatic nitrogens is 1. The minimum Gasteiger partial charge on any atom is -0.465 e. The van der Waals surface area contributed by atoms with Crippen LogP contribution < -0.4 is 4.74 Å². The standard InChI is InChI=1S/C30H25NO3/c1-33-30(32)28-20-26(34-25-12-6-3-7-13-25)16-15-24(28)19-23-11-8-14-29-27(23)17-18-31(29)21-22-9-4-2-5-10-22/h2-18,20H,19,21H2,1H3. The smallest absolute Gasteiger partial charge is 0.338 e. The molecule has 0 fully saturated rings.